The molecule has 5 rings (SSSR count). The van der Waals surface area contributed by atoms with Gasteiger partial charge in [-0.05, 0) is 59.0 Å². The number of nitrogens with one attached hydrogen (secondary N) is 3. The fraction of sp³-hybridized carbons (Fsp3) is 0.0769. The van der Waals surface area contributed by atoms with Gasteiger partial charge in [-0.3, -0.25) is 9.69 Å². The zero-order valence-corrected chi connectivity index (χ0v) is 19.9. The van der Waals surface area contributed by atoms with E-state index < -0.39 is 0 Å². The van der Waals surface area contributed by atoms with E-state index in [1.807, 2.05) is 42.5 Å². The van der Waals surface area contributed by atoms with Gasteiger partial charge in [0.15, 0.2) is 5.82 Å². The molecule has 3 amide bonds. The van der Waals surface area contributed by atoms with Crippen LogP contribution in [0.4, 0.5) is 21.9 Å². The molecule has 0 radical (unpaired) electrons. The molecule has 0 atom stereocenters. The molecule has 2 heterocycles. The fourth-order valence-corrected chi connectivity index (χ4v) is 3.98. The molecule has 0 saturated heterocycles. The minimum absolute atomic E-state index is 0.284. The third kappa shape index (κ3) is 4.59. The Hall–Kier alpha value is -5.50. The molecule has 0 unspecified atom stereocenters. The number of nitriles is 1. The van der Waals surface area contributed by atoms with Gasteiger partial charge in [-0.15, -0.1) is 5.10 Å². The van der Waals surface area contributed by atoms with Crippen LogP contribution in [0.3, 0.4) is 0 Å². The van der Waals surface area contributed by atoms with E-state index >= 15 is 0 Å². The minimum atomic E-state index is -0.355. The summed E-state index contributed by atoms with van der Waals surface area (Å²) in [6, 6.07) is 23.2. The molecule has 3 N–H and O–H groups in total. The first kappa shape index (κ1) is 23.3. The Kier molecular flexibility index (Phi) is 6.05. The molecule has 2 aromatic heterocycles. The van der Waals surface area contributed by atoms with Gasteiger partial charge < -0.3 is 15.2 Å². The second-order valence-electron chi connectivity index (χ2n) is 8.26. The number of benzene rings is 3. The maximum atomic E-state index is 13.3. The van der Waals surface area contributed by atoms with E-state index in [1.54, 1.807) is 49.0 Å². The van der Waals surface area contributed by atoms with Gasteiger partial charge in [-0.2, -0.15) is 5.26 Å². The second kappa shape index (κ2) is 9.63. The van der Waals surface area contributed by atoms with Crippen LogP contribution < -0.4 is 15.5 Å². The molecule has 0 saturated carbocycles. The number of hydrogen-bond acceptors (Lipinski definition) is 6. The predicted octanol–water partition coefficient (Wildman–Crippen LogP) is 4.15. The molecule has 11 heteroatoms. The monoisotopic (exact) mass is 491 g/mol. The van der Waals surface area contributed by atoms with Gasteiger partial charge in [0, 0.05) is 36.4 Å². The van der Waals surface area contributed by atoms with Crippen LogP contribution >= 0.6 is 0 Å². The Morgan fingerprint density at radius 3 is 2.57 bits per heavy atom. The maximum Gasteiger partial charge on any atom is 0.326 e. The summed E-state index contributed by atoms with van der Waals surface area (Å²) < 4.78 is 1.75. The summed E-state index contributed by atoms with van der Waals surface area (Å²) in [5.74, 6) is -0.0307. The predicted molar refractivity (Wildman–Crippen MR) is 139 cm³/mol. The molecule has 0 spiro atoms. The first-order chi connectivity index (χ1) is 17.9. The number of aryl methyl sites for hydroxylation is 1. The number of carbonyl (C=O) groups is 2. The molecule has 3 aromatic carbocycles. The Bertz CT molecular complexity index is 1650. The van der Waals surface area contributed by atoms with Crippen molar-refractivity contribution in [2.24, 2.45) is 7.05 Å². The van der Waals surface area contributed by atoms with E-state index in [4.69, 9.17) is 0 Å². The van der Waals surface area contributed by atoms with E-state index in [0.717, 1.165) is 16.6 Å². The van der Waals surface area contributed by atoms with Gasteiger partial charge in [0.05, 0.1) is 22.8 Å². The third-order valence-electron chi connectivity index (χ3n) is 5.97. The Morgan fingerprint density at radius 2 is 1.84 bits per heavy atom. The molecule has 0 aliphatic rings. The molecule has 0 aliphatic carbocycles. The zero-order chi connectivity index (χ0) is 25.9. The first-order valence-electron chi connectivity index (χ1n) is 11.2. The number of H-pyrrole nitrogens is 1. The summed E-state index contributed by atoms with van der Waals surface area (Å²) in [5, 5.41) is 29.6. The summed E-state index contributed by atoms with van der Waals surface area (Å²) in [6.45, 7) is 0. The fourth-order valence-electron chi connectivity index (χ4n) is 3.98. The lowest BCUT2D eigenvalue weighted by Gasteiger charge is -2.18. The number of anilines is 3. The van der Waals surface area contributed by atoms with Crippen molar-refractivity contribution in [3.63, 3.8) is 0 Å². The van der Waals surface area contributed by atoms with Gasteiger partial charge in [0.1, 0.15) is 5.69 Å². The highest BCUT2D eigenvalue weighted by Gasteiger charge is 2.18. The molecule has 5 aromatic rings. The van der Waals surface area contributed by atoms with Crippen LogP contribution in [0.2, 0.25) is 0 Å². The third-order valence-corrected chi connectivity index (χ3v) is 5.97. The number of hydrogen-bond donors (Lipinski definition) is 3. The van der Waals surface area contributed by atoms with Crippen LogP contribution in [-0.2, 0) is 7.05 Å². The summed E-state index contributed by atoms with van der Waals surface area (Å²) in [6.07, 6.45) is 0. The van der Waals surface area contributed by atoms with Crippen molar-refractivity contribution in [3.05, 3.63) is 84.1 Å². The van der Waals surface area contributed by atoms with Gasteiger partial charge in [-0.25, -0.2) is 9.89 Å². The summed E-state index contributed by atoms with van der Waals surface area (Å²) in [4.78, 5) is 27.5. The van der Waals surface area contributed by atoms with Crippen molar-refractivity contribution in [1.29, 1.82) is 5.26 Å². The number of amides is 3. The van der Waals surface area contributed by atoms with Gasteiger partial charge in [0.25, 0.3) is 5.91 Å². The highest BCUT2D eigenvalue weighted by molar-refractivity contribution is 6.08. The summed E-state index contributed by atoms with van der Waals surface area (Å²) >= 11 is 0. The van der Waals surface area contributed by atoms with Gasteiger partial charge in [0.2, 0.25) is 0 Å². The van der Waals surface area contributed by atoms with E-state index in [2.05, 4.69) is 37.3 Å². The quantitative estimate of drug-likeness (QED) is 0.337. The molecular formula is C26H21N9O2. The standard InChI is InChI=1S/C26H21N9O2/c1-34(19-6-4-3-5-7-19)26(37)28-18-10-9-17-13-23(35(2)22(17)14-18)25(36)29-21-11-8-16(15-27)12-20(21)24-30-32-33-31-24/h3-14H,1-2H3,(H,28,37)(H,29,36)(H,30,31,32,33). The Labute approximate surface area is 211 Å². The summed E-state index contributed by atoms with van der Waals surface area (Å²) in [7, 11) is 3.47. The first-order valence-corrected chi connectivity index (χ1v) is 11.2. The lowest BCUT2D eigenvalue weighted by Crippen LogP contribution is -2.31. The van der Waals surface area contributed by atoms with Crippen molar-refractivity contribution in [1.82, 2.24) is 25.2 Å². The van der Waals surface area contributed by atoms with Crippen molar-refractivity contribution in [3.8, 4) is 17.5 Å². The van der Waals surface area contributed by atoms with E-state index in [0.29, 0.717) is 34.0 Å². The van der Waals surface area contributed by atoms with Crippen LogP contribution in [0.25, 0.3) is 22.3 Å². The van der Waals surface area contributed by atoms with Gasteiger partial charge in [-0.1, -0.05) is 24.3 Å². The number of fused-ring (bicyclic) bond motifs is 1. The average Bonchev–Trinajstić information content (AvgIpc) is 3.57. The molecule has 37 heavy (non-hydrogen) atoms. The molecule has 0 bridgehead atoms. The molecule has 0 aliphatic heterocycles. The number of aromatic nitrogens is 5. The number of nitrogens with zero attached hydrogens (tertiary/aromatic N) is 6. The van der Waals surface area contributed by atoms with E-state index in [-0.39, 0.29) is 11.9 Å². The van der Waals surface area contributed by atoms with E-state index in [1.165, 1.54) is 4.90 Å². The van der Waals surface area contributed by atoms with Crippen molar-refractivity contribution in [2.75, 3.05) is 22.6 Å². The maximum absolute atomic E-state index is 13.3. The Morgan fingerprint density at radius 1 is 1.03 bits per heavy atom. The lowest BCUT2D eigenvalue weighted by atomic mass is 10.1. The van der Waals surface area contributed by atoms with Crippen LogP contribution in [-0.4, -0.2) is 44.2 Å². The van der Waals surface area contributed by atoms with Crippen LogP contribution in [0.1, 0.15) is 16.1 Å². The molecular weight excluding hydrogens is 470 g/mol. The van der Waals surface area contributed by atoms with Crippen molar-refractivity contribution < 1.29 is 9.59 Å². The van der Waals surface area contributed by atoms with Crippen LogP contribution in [0.15, 0.2) is 72.8 Å². The second-order valence-corrected chi connectivity index (χ2v) is 8.26. The van der Waals surface area contributed by atoms with Crippen LogP contribution in [0.5, 0.6) is 0 Å². The number of urea groups is 1. The summed E-state index contributed by atoms with van der Waals surface area (Å²) in [5.41, 5.74) is 3.88. The Balaban J connectivity index is 1.39. The number of tetrazole rings is 1. The highest BCUT2D eigenvalue weighted by Crippen LogP contribution is 2.28. The number of rotatable bonds is 5. The largest absolute Gasteiger partial charge is 0.340 e. The highest BCUT2D eigenvalue weighted by atomic mass is 16.2. The SMILES string of the molecule is CN(C(=O)Nc1ccc2cc(C(=O)Nc3ccc(C#N)cc3-c3nnn[nH]3)n(C)c2c1)c1ccccc1. The lowest BCUT2D eigenvalue weighted by molar-refractivity contribution is 0.101. The number of para-hydroxylation sites is 1. The average molecular weight is 492 g/mol. The van der Waals surface area contributed by atoms with Gasteiger partial charge >= 0.3 is 6.03 Å². The van der Waals surface area contributed by atoms with E-state index in [9.17, 15) is 14.9 Å². The topological polar surface area (TPSA) is 145 Å². The molecule has 11 nitrogen and oxygen atoms in total. The van der Waals surface area contributed by atoms with Crippen molar-refractivity contribution in [2.45, 2.75) is 0 Å². The normalized spacial score (nSPS) is 10.6. The minimum Gasteiger partial charge on any atom is -0.340 e. The van der Waals surface area contributed by atoms with Crippen molar-refractivity contribution >= 4 is 39.9 Å². The molecule has 182 valence electrons. The smallest absolute Gasteiger partial charge is 0.326 e. The zero-order valence-electron chi connectivity index (χ0n) is 19.9. The molecule has 0 fully saturated rings. The number of aromatic amines is 1. The number of carbonyl (C=O) groups excluding carboxylic acids is 2. The van der Waals surface area contributed by atoms with Crippen LogP contribution in [0, 0.1) is 11.3 Å².